The standard InChI is InChI=1S/C8H13N/c1-7(2)8-5-4-6-9(8)3/h4-7H,1-3H3. The van der Waals surface area contributed by atoms with Crippen molar-refractivity contribution in [3.8, 4) is 0 Å². The van der Waals surface area contributed by atoms with Gasteiger partial charge in [-0.05, 0) is 18.1 Å². The minimum atomic E-state index is 0.644. The van der Waals surface area contributed by atoms with Gasteiger partial charge in [-0.25, -0.2) is 0 Å². The molecular formula is C8H13N. The first kappa shape index (κ1) is 6.40. The maximum absolute atomic E-state index is 2.20. The molecule has 1 aromatic rings. The molecule has 0 aliphatic rings. The molecule has 0 aliphatic heterocycles. The molecule has 0 saturated carbocycles. The molecule has 0 N–H and O–H groups in total. The van der Waals surface area contributed by atoms with E-state index >= 15 is 0 Å². The smallest absolute Gasteiger partial charge is 0.0197 e. The zero-order valence-corrected chi connectivity index (χ0v) is 6.26. The van der Waals surface area contributed by atoms with E-state index in [-0.39, 0.29) is 0 Å². The fourth-order valence-corrected chi connectivity index (χ4v) is 1.07. The molecule has 0 amide bonds. The van der Waals surface area contributed by atoms with Crippen LogP contribution < -0.4 is 0 Å². The van der Waals surface area contributed by atoms with Crippen molar-refractivity contribution < 1.29 is 0 Å². The van der Waals surface area contributed by atoms with Crippen molar-refractivity contribution in [1.29, 1.82) is 0 Å². The lowest BCUT2D eigenvalue weighted by molar-refractivity contribution is 0.741. The molecule has 1 aromatic heterocycles. The molecule has 0 saturated heterocycles. The third-order valence-electron chi connectivity index (χ3n) is 1.58. The number of aromatic nitrogens is 1. The van der Waals surface area contributed by atoms with Crippen molar-refractivity contribution in [2.75, 3.05) is 0 Å². The molecule has 0 aromatic carbocycles. The van der Waals surface area contributed by atoms with Crippen molar-refractivity contribution in [3.05, 3.63) is 24.0 Å². The van der Waals surface area contributed by atoms with Crippen LogP contribution in [0, 0.1) is 0 Å². The summed E-state index contributed by atoms with van der Waals surface area (Å²) < 4.78 is 2.16. The highest BCUT2D eigenvalue weighted by atomic mass is 14.9. The molecule has 50 valence electrons. The first-order valence-corrected chi connectivity index (χ1v) is 3.33. The molecule has 1 rings (SSSR count). The summed E-state index contributed by atoms with van der Waals surface area (Å²) in [6.07, 6.45) is 2.08. The van der Waals surface area contributed by atoms with Gasteiger partial charge in [0, 0.05) is 18.9 Å². The van der Waals surface area contributed by atoms with E-state index in [4.69, 9.17) is 0 Å². The van der Waals surface area contributed by atoms with Gasteiger partial charge in [0.2, 0.25) is 0 Å². The predicted octanol–water partition coefficient (Wildman–Crippen LogP) is 2.15. The molecule has 0 radical (unpaired) electrons. The second-order valence-electron chi connectivity index (χ2n) is 2.70. The Hall–Kier alpha value is -0.720. The van der Waals surface area contributed by atoms with Gasteiger partial charge in [0.05, 0.1) is 0 Å². The maximum Gasteiger partial charge on any atom is 0.0197 e. The third-order valence-corrected chi connectivity index (χ3v) is 1.58. The van der Waals surface area contributed by atoms with Crippen LogP contribution >= 0.6 is 0 Å². The Morgan fingerprint density at radius 3 is 2.33 bits per heavy atom. The van der Waals surface area contributed by atoms with Crippen molar-refractivity contribution in [3.63, 3.8) is 0 Å². The SMILES string of the molecule is CC(C)c1cccn1C. The Bertz CT molecular complexity index is 186. The van der Waals surface area contributed by atoms with Crippen molar-refractivity contribution >= 4 is 0 Å². The molecule has 0 aliphatic carbocycles. The van der Waals surface area contributed by atoms with Crippen LogP contribution in [0.4, 0.5) is 0 Å². The highest BCUT2D eigenvalue weighted by Gasteiger charge is 1.99. The lowest BCUT2D eigenvalue weighted by Crippen LogP contribution is -1.95. The van der Waals surface area contributed by atoms with Crippen LogP contribution in [-0.2, 0) is 7.05 Å². The van der Waals surface area contributed by atoms with Crippen LogP contribution in [0.1, 0.15) is 25.5 Å². The molecule has 9 heavy (non-hydrogen) atoms. The zero-order chi connectivity index (χ0) is 6.85. The van der Waals surface area contributed by atoms with Crippen LogP contribution in [-0.4, -0.2) is 4.57 Å². The van der Waals surface area contributed by atoms with Crippen LogP contribution in [0.5, 0.6) is 0 Å². The summed E-state index contributed by atoms with van der Waals surface area (Å²) in [5, 5.41) is 0. The van der Waals surface area contributed by atoms with Gasteiger partial charge in [0.15, 0.2) is 0 Å². The highest BCUT2D eigenvalue weighted by Crippen LogP contribution is 2.12. The summed E-state index contributed by atoms with van der Waals surface area (Å²) >= 11 is 0. The lowest BCUT2D eigenvalue weighted by atomic mass is 10.1. The average molecular weight is 123 g/mol. The van der Waals surface area contributed by atoms with E-state index in [9.17, 15) is 0 Å². The number of nitrogens with zero attached hydrogens (tertiary/aromatic N) is 1. The van der Waals surface area contributed by atoms with E-state index in [0.717, 1.165) is 0 Å². The second kappa shape index (κ2) is 2.26. The summed E-state index contributed by atoms with van der Waals surface area (Å²) in [6.45, 7) is 4.41. The predicted molar refractivity (Wildman–Crippen MR) is 39.5 cm³/mol. The summed E-state index contributed by atoms with van der Waals surface area (Å²) in [7, 11) is 2.08. The van der Waals surface area contributed by atoms with E-state index in [0.29, 0.717) is 5.92 Å². The van der Waals surface area contributed by atoms with Crippen LogP contribution in [0.25, 0.3) is 0 Å². The molecule has 0 bridgehead atoms. The Morgan fingerprint density at radius 1 is 1.44 bits per heavy atom. The molecule has 1 nitrogen and oxygen atoms in total. The van der Waals surface area contributed by atoms with Crippen molar-refractivity contribution in [2.24, 2.45) is 7.05 Å². The minimum Gasteiger partial charge on any atom is -0.354 e. The summed E-state index contributed by atoms with van der Waals surface area (Å²) in [4.78, 5) is 0. The highest BCUT2D eigenvalue weighted by molar-refractivity contribution is 5.09. The van der Waals surface area contributed by atoms with Gasteiger partial charge < -0.3 is 4.57 Å². The molecule has 1 heteroatoms. The Kier molecular flexibility index (Phi) is 1.60. The largest absolute Gasteiger partial charge is 0.354 e. The van der Waals surface area contributed by atoms with Crippen LogP contribution in [0.15, 0.2) is 18.3 Å². The van der Waals surface area contributed by atoms with E-state index in [1.807, 2.05) is 0 Å². The second-order valence-corrected chi connectivity index (χ2v) is 2.70. The first-order chi connectivity index (χ1) is 4.22. The van der Waals surface area contributed by atoms with Gasteiger partial charge >= 0.3 is 0 Å². The minimum absolute atomic E-state index is 0.644. The molecule has 1 heterocycles. The Balaban J connectivity index is 2.94. The van der Waals surface area contributed by atoms with E-state index in [1.165, 1.54) is 5.69 Å². The monoisotopic (exact) mass is 123 g/mol. The molecule has 0 fully saturated rings. The third kappa shape index (κ3) is 1.15. The lowest BCUT2D eigenvalue weighted by Gasteiger charge is -2.04. The van der Waals surface area contributed by atoms with Crippen molar-refractivity contribution in [1.82, 2.24) is 4.57 Å². The van der Waals surface area contributed by atoms with Crippen LogP contribution in [0.3, 0.4) is 0 Å². The summed E-state index contributed by atoms with van der Waals surface area (Å²) in [5.74, 6) is 0.644. The topological polar surface area (TPSA) is 4.93 Å². The average Bonchev–Trinajstić information content (AvgIpc) is 2.13. The van der Waals surface area contributed by atoms with Gasteiger partial charge in [-0.15, -0.1) is 0 Å². The van der Waals surface area contributed by atoms with E-state index in [2.05, 4.69) is 43.8 Å². The zero-order valence-electron chi connectivity index (χ0n) is 6.26. The van der Waals surface area contributed by atoms with Gasteiger partial charge in [-0.1, -0.05) is 13.8 Å². The molecule has 0 atom stereocenters. The fraction of sp³-hybridized carbons (Fsp3) is 0.500. The fourth-order valence-electron chi connectivity index (χ4n) is 1.07. The van der Waals surface area contributed by atoms with Gasteiger partial charge in [-0.2, -0.15) is 0 Å². The number of aryl methyl sites for hydroxylation is 1. The number of hydrogen-bond acceptors (Lipinski definition) is 0. The summed E-state index contributed by atoms with van der Waals surface area (Å²) in [6, 6.07) is 4.24. The maximum atomic E-state index is 2.20. The normalized spacial score (nSPS) is 10.7. The Labute approximate surface area is 56.3 Å². The quantitative estimate of drug-likeness (QED) is 0.539. The van der Waals surface area contributed by atoms with Crippen LogP contribution in [0.2, 0.25) is 0 Å². The molecular weight excluding hydrogens is 110 g/mol. The molecule has 0 spiro atoms. The molecule has 0 unspecified atom stereocenters. The van der Waals surface area contributed by atoms with Gasteiger partial charge in [0.25, 0.3) is 0 Å². The first-order valence-electron chi connectivity index (χ1n) is 3.33. The van der Waals surface area contributed by atoms with Gasteiger partial charge in [0.1, 0.15) is 0 Å². The number of hydrogen-bond donors (Lipinski definition) is 0. The number of rotatable bonds is 1. The van der Waals surface area contributed by atoms with E-state index in [1.54, 1.807) is 0 Å². The summed E-state index contributed by atoms with van der Waals surface area (Å²) in [5.41, 5.74) is 1.40. The van der Waals surface area contributed by atoms with E-state index < -0.39 is 0 Å². The van der Waals surface area contributed by atoms with Gasteiger partial charge in [-0.3, -0.25) is 0 Å². The van der Waals surface area contributed by atoms with Crippen molar-refractivity contribution in [2.45, 2.75) is 19.8 Å². The Morgan fingerprint density at radius 2 is 2.11 bits per heavy atom.